The van der Waals surface area contributed by atoms with Crippen molar-refractivity contribution >= 4 is 33.4 Å². The molecule has 0 radical (unpaired) electrons. The van der Waals surface area contributed by atoms with Gasteiger partial charge in [0.05, 0.1) is 17.1 Å². The van der Waals surface area contributed by atoms with Crippen molar-refractivity contribution in [3.63, 3.8) is 0 Å². The minimum atomic E-state index is -0.0906. The van der Waals surface area contributed by atoms with E-state index in [0.717, 1.165) is 29.0 Å². The number of aryl methyl sites for hydroxylation is 1. The summed E-state index contributed by atoms with van der Waals surface area (Å²) in [6.07, 6.45) is 1.10. The molecule has 1 N–H and O–H groups in total. The van der Waals surface area contributed by atoms with Crippen molar-refractivity contribution in [2.75, 3.05) is 19.6 Å². The Kier molecular flexibility index (Phi) is 7.04. The van der Waals surface area contributed by atoms with Gasteiger partial charge >= 0.3 is 0 Å². The highest BCUT2D eigenvalue weighted by atomic mass is 32.1. The second-order valence-electron chi connectivity index (χ2n) is 6.98. The summed E-state index contributed by atoms with van der Waals surface area (Å²) in [6, 6.07) is 12.1. The van der Waals surface area contributed by atoms with E-state index in [0.29, 0.717) is 30.8 Å². The number of thiophene rings is 1. The van der Waals surface area contributed by atoms with Gasteiger partial charge in [-0.2, -0.15) is 5.10 Å². The van der Waals surface area contributed by atoms with Crippen LogP contribution in [0, 0.1) is 6.92 Å². The van der Waals surface area contributed by atoms with Crippen LogP contribution in [-0.4, -0.2) is 46.1 Å². The molecule has 6 nitrogen and oxygen atoms in total. The first-order valence-electron chi connectivity index (χ1n) is 10.1. The van der Waals surface area contributed by atoms with Crippen LogP contribution in [0.25, 0.3) is 10.2 Å². The molecule has 0 aliphatic heterocycles. The Hall–Kier alpha value is -2.67. The number of fused-ring (bicyclic) bond motifs is 1. The van der Waals surface area contributed by atoms with E-state index in [4.69, 9.17) is 0 Å². The van der Waals surface area contributed by atoms with Gasteiger partial charge in [-0.05, 0) is 38.8 Å². The fourth-order valence-electron chi connectivity index (χ4n) is 3.35. The van der Waals surface area contributed by atoms with Crippen LogP contribution in [0.1, 0.15) is 47.6 Å². The fourth-order valence-corrected chi connectivity index (χ4v) is 4.43. The van der Waals surface area contributed by atoms with Gasteiger partial charge in [-0.1, -0.05) is 30.3 Å². The Morgan fingerprint density at radius 2 is 1.90 bits per heavy atom. The molecule has 0 aliphatic rings. The fraction of sp³-hybridized carbons (Fsp3) is 0.409. The molecule has 2 aromatic heterocycles. The average Bonchev–Trinajstić information content (AvgIpc) is 3.28. The second-order valence-corrected chi connectivity index (χ2v) is 8.01. The monoisotopic (exact) mass is 412 g/mol. The average molecular weight is 413 g/mol. The number of nitrogens with zero attached hydrogens (tertiary/aromatic N) is 3. The lowest BCUT2D eigenvalue weighted by molar-refractivity contribution is -0.130. The molecule has 0 fully saturated rings. The van der Waals surface area contributed by atoms with Gasteiger partial charge in [-0.15, -0.1) is 11.3 Å². The van der Waals surface area contributed by atoms with Gasteiger partial charge in [0.1, 0.15) is 4.83 Å². The van der Waals surface area contributed by atoms with Crippen molar-refractivity contribution in [1.29, 1.82) is 0 Å². The molecule has 3 aromatic rings. The van der Waals surface area contributed by atoms with Crippen LogP contribution in [-0.2, 0) is 11.3 Å². The third-order valence-corrected chi connectivity index (χ3v) is 6.12. The maximum Gasteiger partial charge on any atom is 0.261 e. The summed E-state index contributed by atoms with van der Waals surface area (Å²) < 4.78 is 1.96. The smallest absolute Gasteiger partial charge is 0.261 e. The molecule has 7 heteroatoms. The molecule has 0 aliphatic carbocycles. The van der Waals surface area contributed by atoms with Gasteiger partial charge in [0.2, 0.25) is 5.91 Å². The predicted octanol–water partition coefficient (Wildman–Crippen LogP) is 3.83. The molecular formula is C22H28N4O2S. The van der Waals surface area contributed by atoms with Crippen molar-refractivity contribution in [2.24, 2.45) is 0 Å². The van der Waals surface area contributed by atoms with Crippen LogP contribution >= 0.6 is 11.3 Å². The number of carbonyl (C=O) groups is 2. The van der Waals surface area contributed by atoms with E-state index >= 15 is 0 Å². The van der Waals surface area contributed by atoms with E-state index in [1.807, 2.05) is 54.6 Å². The van der Waals surface area contributed by atoms with Crippen LogP contribution in [0.2, 0.25) is 0 Å². The lowest BCUT2D eigenvalue weighted by Gasteiger charge is -2.18. The Morgan fingerprint density at radius 1 is 1.17 bits per heavy atom. The van der Waals surface area contributed by atoms with Gasteiger partial charge in [-0.25, -0.2) is 0 Å². The summed E-state index contributed by atoms with van der Waals surface area (Å²) in [6.45, 7) is 8.55. The summed E-state index contributed by atoms with van der Waals surface area (Å²) >= 11 is 1.46. The number of amides is 2. The minimum Gasteiger partial charge on any atom is -0.351 e. The first kappa shape index (κ1) is 21.0. The molecule has 29 heavy (non-hydrogen) atoms. The van der Waals surface area contributed by atoms with Crippen LogP contribution in [0.15, 0.2) is 36.4 Å². The minimum absolute atomic E-state index is 0.0906. The van der Waals surface area contributed by atoms with E-state index in [1.54, 1.807) is 0 Å². The highest BCUT2D eigenvalue weighted by Gasteiger charge is 2.16. The van der Waals surface area contributed by atoms with E-state index in [1.165, 1.54) is 16.9 Å². The summed E-state index contributed by atoms with van der Waals surface area (Å²) in [5.74, 6) is 0.0508. The first-order valence-corrected chi connectivity index (χ1v) is 10.9. The summed E-state index contributed by atoms with van der Waals surface area (Å²) in [7, 11) is 0. The Bertz CT molecular complexity index is 974. The number of hydrogen-bond acceptors (Lipinski definition) is 4. The number of nitrogens with one attached hydrogen (secondary N) is 1. The van der Waals surface area contributed by atoms with Gasteiger partial charge in [0.25, 0.3) is 5.91 Å². The molecule has 3 rings (SSSR count). The molecule has 0 spiro atoms. The molecule has 154 valence electrons. The first-order chi connectivity index (χ1) is 14.0. The van der Waals surface area contributed by atoms with Crippen LogP contribution < -0.4 is 5.32 Å². The maximum absolute atomic E-state index is 12.6. The highest BCUT2D eigenvalue weighted by Crippen LogP contribution is 2.28. The molecule has 0 saturated carbocycles. The summed E-state index contributed by atoms with van der Waals surface area (Å²) in [4.78, 5) is 28.1. The van der Waals surface area contributed by atoms with Crippen molar-refractivity contribution in [2.45, 2.75) is 40.2 Å². The zero-order valence-corrected chi connectivity index (χ0v) is 18.1. The van der Waals surface area contributed by atoms with E-state index in [2.05, 4.69) is 22.5 Å². The maximum atomic E-state index is 12.6. The van der Waals surface area contributed by atoms with E-state index in [-0.39, 0.29) is 11.8 Å². The molecular weight excluding hydrogens is 384 g/mol. The predicted molar refractivity (Wildman–Crippen MR) is 117 cm³/mol. The molecule has 0 saturated heterocycles. The standard InChI is InChI=1S/C22H28N4O2S/c1-4-25(5-2)20(27)12-9-13-23-21(28)19-14-18-16(3)24-26(22(18)29-19)15-17-10-7-6-8-11-17/h6-8,10-11,14H,4-5,9,12-13,15H2,1-3H3,(H,23,28). The SMILES string of the molecule is CCN(CC)C(=O)CCCNC(=O)c1cc2c(C)nn(Cc3ccccc3)c2s1. The highest BCUT2D eigenvalue weighted by molar-refractivity contribution is 7.20. The molecule has 2 heterocycles. The van der Waals surface area contributed by atoms with Gasteiger partial charge in [0, 0.05) is 31.4 Å². The van der Waals surface area contributed by atoms with Gasteiger partial charge < -0.3 is 10.2 Å². The number of hydrogen-bond donors (Lipinski definition) is 1. The summed E-state index contributed by atoms with van der Waals surface area (Å²) in [5.41, 5.74) is 2.10. The number of benzene rings is 1. The lowest BCUT2D eigenvalue weighted by atomic mass is 10.2. The lowest BCUT2D eigenvalue weighted by Crippen LogP contribution is -2.31. The van der Waals surface area contributed by atoms with E-state index in [9.17, 15) is 9.59 Å². The van der Waals surface area contributed by atoms with Crippen LogP contribution in [0.3, 0.4) is 0 Å². The largest absolute Gasteiger partial charge is 0.351 e. The normalized spacial score (nSPS) is 11.0. The van der Waals surface area contributed by atoms with E-state index < -0.39 is 0 Å². The zero-order valence-electron chi connectivity index (χ0n) is 17.3. The molecule has 0 bridgehead atoms. The van der Waals surface area contributed by atoms with Crippen molar-refractivity contribution in [1.82, 2.24) is 20.0 Å². The van der Waals surface area contributed by atoms with Crippen molar-refractivity contribution in [3.05, 3.63) is 52.5 Å². The quantitative estimate of drug-likeness (QED) is 0.543. The van der Waals surface area contributed by atoms with Crippen molar-refractivity contribution in [3.8, 4) is 0 Å². The molecule has 0 unspecified atom stereocenters. The zero-order chi connectivity index (χ0) is 20.8. The van der Waals surface area contributed by atoms with Crippen molar-refractivity contribution < 1.29 is 9.59 Å². The Labute approximate surface area is 175 Å². The van der Waals surface area contributed by atoms with Crippen LogP contribution in [0.5, 0.6) is 0 Å². The second kappa shape index (κ2) is 9.69. The molecule has 0 atom stereocenters. The van der Waals surface area contributed by atoms with Gasteiger partial charge in [-0.3, -0.25) is 14.3 Å². The van der Waals surface area contributed by atoms with Gasteiger partial charge in [0.15, 0.2) is 0 Å². The number of aromatic nitrogens is 2. The number of carbonyl (C=O) groups excluding carboxylic acids is 2. The number of rotatable bonds is 9. The topological polar surface area (TPSA) is 67.2 Å². The Morgan fingerprint density at radius 3 is 2.59 bits per heavy atom. The third kappa shape index (κ3) is 5.03. The molecule has 1 aromatic carbocycles. The summed E-state index contributed by atoms with van der Waals surface area (Å²) in [5, 5.41) is 8.59. The van der Waals surface area contributed by atoms with Crippen LogP contribution in [0.4, 0.5) is 0 Å². The third-order valence-electron chi connectivity index (χ3n) is 4.98. The Balaban J connectivity index is 1.61. The molecule has 2 amide bonds.